The van der Waals surface area contributed by atoms with Crippen LogP contribution >= 0.6 is 0 Å². The molecular weight excluding hydrogens is 216 g/mol. The molecule has 17 heavy (non-hydrogen) atoms. The highest BCUT2D eigenvalue weighted by Crippen LogP contribution is 2.34. The summed E-state index contributed by atoms with van der Waals surface area (Å²) in [5, 5.41) is 10.6. The van der Waals surface area contributed by atoms with E-state index in [0.29, 0.717) is 13.4 Å². The summed E-state index contributed by atoms with van der Waals surface area (Å²) >= 11 is 0. The maximum absolute atomic E-state index is 10.6. The quantitative estimate of drug-likeness (QED) is 0.424. The van der Waals surface area contributed by atoms with Gasteiger partial charge in [0.2, 0.25) is 0 Å². The summed E-state index contributed by atoms with van der Waals surface area (Å²) in [6.45, 7) is 6.99. The number of ether oxygens (including phenoxy) is 2. The zero-order chi connectivity index (χ0) is 12.7. The predicted octanol–water partition coefficient (Wildman–Crippen LogP) is 3.03. The Morgan fingerprint density at radius 2 is 2.06 bits per heavy atom. The number of hydrogen-bond acceptors (Lipinski definition) is 3. The van der Waals surface area contributed by atoms with Gasteiger partial charge < -0.3 is 14.6 Å². The average molecular weight is 242 g/mol. The van der Waals surface area contributed by atoms with E-state index in [-0.39, 0.29) is 6.10 Å². The van der Waals surface area contributed by atoms with E-state index >= 15 is 0 Å². The van der Waals surface area contributed by atoms with Gasteiger partial charge in [-0.1, -0.05) is 19.9 Å². The number of rotatable bonds is 7. The lowest BCUT2D eigenvalue weighted by Gasteiger charge is -2.36. The van der Waals surface area contributed by atoms with E-state index in [0.717, 1.165) is 37.7 Å². The Kier molecular flexibility index (Phi) is 6.17. The highest BCUT2D eigenvalue weighted by molar-refractivity contribution is 5.23. The van der Waals surface area contributed by atoms with Crippen molar-refractivity contribution in [3.05, 3.63) is 11.6 Å². The minimum atomic E-state index is -0.697. The zero-order valence-corrected chi connectivity index (χ0v) is 11.4. The first-order chi connectivity index (χ1) is 8.18. The van der Waals surface area contributed by atoms with Crippen LogP contribution in [-0.2, 0) is 9.47 Å². The Morgan fingerprint density at radius 1 is 1.35 bits per heavy atom. The minimum absolute atomic E-state index is 0.0280. The van der Waals surface area contributed by atoms with Crippen LogP contribution in [0, 0.1) is 0 Å². The van der Waals surface area contributed by atoms with E-state index in [1.54, 1.807) is 0 Å². The van der Waals surface area contributed by atoms with Crippen molar-refractivity contribution in [2.45, 2.75) is 64.6 Å². The first kappa shape index (κ1) is 14.7. The zero-order valence-electron chi connectivity index (χ0n) is 11.4. The molecule has 0 aromatic carbocycles. The van der Waals surface area contributed by atoms with E-state index in [9.17, 15) is 5.11 Å². The van der Waals surface area contributed by atoms with Crippen molar-refractivity contribution >= 4 is 0 Å². The van der Waals surface area contributed by atoms with Crippen LogP contribution in [0.4, 0.5) is 0 Å². The SMILES string of the molecule is CCOCOC1CCCC=C1C(O)(CC)CC. The maximum atomic E-state index is 10.6. The monoisotopic (exact) mass is 242 g/mol. The van der Waals surface area contributed by atoms with Gasteiger partial charge in [-0.3, -0.25) is 0 Å². The maximum Gasteiger partial charge on any atom is 0.147 e. The summed E-state index contributed by atoms with van der Waals surface area (Å²) in [6.07, 6.45) is 6.83. The third-order valence-electron chi connectivity index (χ3n) is 3.65. The lowest BCUT2D eigenvalue weighted by molar-refractivity contribution is -0.0903. The lowest BCUT2D eigenvalue weighted by atomic mass is 9.80. The lowest BCUT2D eigenvalue weighted by Crippen LogP contribution is -2.38. The standard InChI is InChI=1S/C14H26O3/c1-4-14(15,5-2)12-9-7-8-10-13(12)17-11-16-6-3/h9,13,15H,4-8,10-11H2,1-3H3. The summed E-state index contributed by atoms with van der Waals surface area (Å²) in [7, 11) is 0. The molecule has 0 bridgehead atoms. The molecule has 100 valence electrons. The summed E-state index contributed by atoms with van der Waals surface area (Å²) < 4.78 is 11.0. The Balaban J connectivity index is 2.68. The second-order valence-electron chi connectivity index (χ2n) is 4.60. The highest BCUT2D eigenvalue weighted by atomic mass is 16.7. The van der Waals surface area contributed by atoms with Gasteiger partial charge in [0.25, 0.3) is 0 Å². The predicted molar refractivity (Wildman–Crippen MR) is 68.8 cm³/mol. The molecule has 0 aromatic rings. The molecule has 1 aliphatic rings. The first-order valence-corrected chi connectivity index (χ1v) is 6.80. The molecule has 1 aliphatic carbocycles. The average Bonchev–Trinajstić information content (AvgIpc) is 2.39. The minimum Gasteiger partial charge on any atom is -0.385 e. The third-order valence-corrected chi connectivity index (χ3v) is 3.65. The molecule has 1 rings (SSSR count). The fraction of sp³-hybridized carbons (Fsp3) is 0.857. The Labute approximate surface area is 105 Å². The van der Waals surface area contributed by atoms with Crippen LogP contribution in [0.2, 0.25) is 0 Å². The Bertz CT molecular complexity index is 244. The van der Waals surface area contributed by atoms with Crippen LogP contribution in [0.1, 0.15) is 52.9 Å². The molecule has 0 saturated carbocycles. The molecule has 0 fully saturated rings. The molecule has 1 N–H and O–H groups in total. The molecule has 0 amide bonds. The van der Waals surface area contributed by atoms with E-state index in [2.05, 4.69) is 6.08 Å². The number of hydrogen-bond donors (Lipinski definition) is 1. The molecule has 0 radical (unpaired) electrons. The fourth-order valence-corrected chi connectivity index (χ4v) is 2.38. The van der Waals surface area contributed by atoms with Crippen molar-refractivity contribution in [1.29, 1.82) is 0 Å². The molecule has 0 heterocycles. The van der Waals surface area contributed by atoms with Gasteiger partial charge in [0.1, 0.15) is 6.79 Å². The van der Waals surface area contributed by atoms with Crippen LogP contribution < -0.4 is 0 Å². The molecule has 3 nitrogen and oxygen atoms in total. The van der Waals surface area contributed by atoms with Crippen molar-refractivity contribution < 1.29 is 14.6 Å². The summed E-state index contributed by atoms with van der Waals surface area (Å²) in [5.41, 5.74) is 0.366. The van der Waals surface area contributed by atoms with Gasteiger partial charge in [0.15, 0.2) is 0 Å². The summed E-state index contributed by atoms with van der Waals surface area (Å²) in [6, 6.07) is 0. The molecule has 3 heteroatoms. The van der Waals surface area contributed by atoms with Gasteiger partial charge >= 0.3 is 0 Å². The van der Waals surface area contributed by atoms with Crippen molar-refractivity contribution in [3.63, 3.8) is 0 Å². The molecule has 1 atom stereocenters. The van der Waals surface area contributed by atoms with Crippen molar-refractivity contribution in [2.75, 3.05) is 13.4 Å². The van der Waals surface area contributed by atoms with E-state index in [4.69, 9.17) is 9.47 Å². The Hall–Kier alpha value is -0.380. The molecule has 0 saturated heterocycles. The molecule has 0 spiro atoms. The normalized spacial score (nSPS) is 21.4. The van der Waals surface area contributed by atoms with Crippen LogP contribution in [0.15, 0.2) is 11.6 Å². The fourth-order valence-electron chi connectivity index (χ4n) is 2.38. The van der Waals surface area contributed by atoms with Gasteiger partial charge in [0.05, 0.1) is 11.7 Å². The largest absolute Gasteiger partial charge is 0.385 e. The summed E-state index contributed by atoms with van der Waals surface area (Å²) in [4.78, 5) is 0. The van der Waals surface area contributed by atoms with Gasteiger partial charge in [-0.15, -0.1) is 0 Å². The highest BCUT2D eigenvalue weighted by Gasteiger charge is 2.34. The number of aliphatic hydroxyl groups is 1. The molecular formula is C14H26O3. The third kappa shape index (κ3) is 3.80. The van der Waals surface area contributed by atoms with Crippen molar-refractivity contribution in [1.82, 2.24) is 0 Å². The van der Waals surface area contributed by atoms with Crippen molar-refractivity contribution in [3.8, 4) is 0 Å². The molecule has 0 aromatic heterocycles. The molecule has 0 aliphatic heterocycles. The van der Waals surface area contributed by atoms with Gasteiger partial charge in [-0.05, 0) is 44.6 Å². The topological polar surface area (TPSA) is 38.7 Å². The van der Waals surface area contributed by atoms with Crippen LogP contribution in [0.3, 0.4) is 0 Å². The van der Waals surface area contributed by atoms with Gasteiger partial charge in [-0.25, -0.2) is 0 Å². The smallest absolute Gasteiger partial charge is 0.147 e. The Morgan fingerprint density at radius 3 is 2.65 bits per heavy atom. The van der Waals surface area contributed by atoms with Gasteiger partial charge in [-0.2, -0.15) is 0 Å². The van der Waals surface area contributed by atoms with Crippen molar-refractivity contribution in [2.24, 2.45) is 0 Å². The van der Waals surface area contributed by atoms with Crippen LogP contribution in [0.25, 0.3) is 0 Å². The second-order valence-corrected chi connectivity index (χ2v) is 4.60. The molecule has 1 unspecified atom stereocenters. The van der Waals surface area contributed by atoms with E-state index < -0.39 is 5.60 Å². The van der Waals surface area contributed by atoms with Crippen LogP contribution in [-0.4, -0.2) is 30.2 Å². The van der Waals surface area contributed by atoms with E-state index in [1.807, 2.05) is 20.8 Å². The van der Waals surface area contributed by atoms with Crippen LogP contribution in [0.5, 0.6) is 0 Å². The second kappa shape index (κ2) is 7.14. The first-order valence-electron chi connectivity index (χ1n) is 6.80. The van der Waals surface area contributed by atoms with Gasteiger partial charge in [0, 0.05) is 6.61 Å². The number of allylic oxidation sites excluding steroid dienone is 1. The van der Waals surface area contributed by atoms with E-state index in [1.165, 1.54) is 0 Å². The summed E-state index contributed by atoms with van der Waals surface area (Å²) in [5.74, 6) is 0.